The molecule has 0 saturated heterocycles. The van der Waals surface area contributed by atoms with Gasteiger partial charge >= 0.3 is 5.97 Å². The van der Waals surface area contributed by atoms with Gasteiger partial charge in [0.1, 0.15) is 5.03 Å². The van der Waals surface area contributed by atoms with Crippen molar-refractivity contribution in [2.45, 2.75) is 32.6 Å². The van der Waals surface area contributed by atoms with Crippen LogP contribution < -0.4 is 0 Å². The molecule has 1 fully saturated rings. The monoisotopic (exact) mass is 188 g/mol. The lowest BCUT2D eigenvalue weighted by Crippen LogP contribution is -2.08. The minimum atomic E-state index is -0.985. The van der Waals surface area contributed by atoms with Crippen molar-refractivity contribution in [1.82, 2.24) is 0 Å². The summed E-state index contributed by atoms with van der Waals surface area (Å²) in [6, 6.07) is 0. The third-order valence-electron chi connectivity index (χ3n) is 2.38. The zero-order valence-electron chi connectivity index (χ0n) is 7.14. The Balaban J connectivity index is 2.64. The smallest absolute Gasteiger partial charge is 0.347 e. The molecule has 0 heterocycles. The Morgan fingerprint density at radius 1 is 1.50 bits per heavy atom. The molecule has 3 heteroatoms. The zero-order chi connectivity index (χ0) is 9.14. The molecule has 0 bridgehead atoms. The highest BCUT2D eigenvalue weighted by molar-refractivity contribution is 6.41. The van der Waals surface area contributed by atoms with Gasteiger partial charge in [-0.05, 0) is 37.2 Å². The molecule has 0 radical (unpaired) electrons. The highest BCUT2D eigenvalue weighted by Gasteiger charge is 2.17. The van der Waals surface area contributed by atoms with Crippen LogP contribution in [0, 0.1) is 5.92 Å². The van der Waals surface area contributed by atoms with Crippen molar-refractivity contribution in [3.63, 3.8) is 0 Å². The van der Waals surface area contributed by atoms with Gasteiger partial charge in [0.25, 0.3) is 0 Å². The van der Waals surface area contributed by atoms with Gasteiger partial charge in [0.05, 0.1) is 0 Å². The largest absolute Gasteiger partial charge is 0.477 e. The van der Waals surface area contributed by atoms with Crippen molar-refractivity contribution in [3.8, 4) is 0 Å². The minimum Gasteiger partial charge on any atom is -0.477 e. The molecule has 68 valence electrons. The zero-order valence-corrected chi connectivity index (χ0v) is 7.90. The maximum Gasteiger partial charge on any atom is 0.347 e. The molecule has 0 spiro atoms. The molecular formula is C9H13ClO2. The molecule has 1 aliphatic rings. The minimum absolute atomic E-state index is 0.0434. The number of carboxylic acids is 1. The molecular weight excluding hydrogens is 176 g/mol. The van der Waals surface area contributed by atoms with E-state index in [2.05, 4.69) is 6.92 Å². The van der Waals surface area contributed by atoms with Crippen LogP contribution in [0.5, 0.6) is 0 Å². The van der Waals surface area contributed by atoms with Crippen LogP contribution in [0.4, 0.5) is 0 Å². The summed E-state index contributed by atoms with van der Waals surface area (Å²) in [7, 11) is 0. The van der Waals surface area contributed by atoms with E-state index in [1.807, 2.05) is 0 Å². The lowest BCUT2D eigenvalue weighted by atomic mass is 9.87. The van der Waals surface area contributed by atoms with E-state index in [0.29, 0.717) is 5.92 Å². The lowest BCUT2D eigenvalue weighted by Gasteiger charge is -2.20. The molecule has 2 nitrogen and oxygen atoms in total. The second-order valence-corrected chi connectivity index (χ2v) is 3.78. The average molecular weight is 189 g/mol. The molecule has 0 aliphatic heterocycles. The number of aliphatic carboxylic acids is 1. The summed E-state index contributed by atoms with van der Waals surface area (Å²) in [5.74, 6) is -0.270. The van der Waals surface area contributed by atoms with Gasteiger partial charge in [-0.15, -0.1) is 0 Å². The van der Waals surface area contributed by atoms with E-state index in [-0.39, 0.29) is 5.03 Å². The van der Waals surface area contributed by atoms with Gasteiger partial charge in [0.2, 0.25) is 0 Å². The number of carbonyl (C=O) groups is 1. The highest BCUT2D eigenvalue weighted by atomic mass is 35.5. The Kier molecular flexibility index (Phi) is 3.15. The Hall–Kier alpha value is -0.500. The van der Waals surface area contributed by atoms with Gasteiger partial charge in [0.15, 0.2) is 0 Å². The second-order valence-electron chi connectivity index (χ2n) is 3.41. The fourth-order valence-corrected chi connectivity index (χ4v) is 1.67. The molecule has 0 amide bonds. The molecule has 1 N–H and O–H groups in total. The summed E-state index contributed by atoms with van der Waals surface area (Å²) in [5, 5.41) is 8.65. The van der Waals surface area contributed by atoms with Crippen molar-refractivity contribution < 1.29 is 9.90 Å². The van der Waals surface area contributed by atoms with E-state index >= 15 is 0 Å². The van der Waals surface area contributed by atoms with Gasteiger partial charge in [0, 0.05) is 0 Å². The number of hydrogen-bond donors (Lipinski definition) is 1. The topological polar surface area (TPSA) is 37.3 Å². The van der Waals surface area contributed by atoms with E-state index in [1.165, 1.54) is 0 Å². The normalized spacial score (nSPS) is 23.8. The van der Waals surface area contributed by atoms with Gasteiger partial charge in [-0.25, -0.2) is 4.79 Å². The SMILES string of the molecule is CC1CCC(=C(Cl)C(=O)O)CC1. The Bertz CT molecular complexity index is 211. The van der Waals surface area contributed by atoms with E-state index in [0.717, 1.165) is 31.3 Å². The maximum absolute atomic E-state index is 10.5. The molecule has 0 atom stereocenters. The van der Waals surface area contributed by atoms with Crippen molar-refractivity contribution in [3.05, 3.63) is 10.6 Å². The fourth-order valence-electron chi connectivity index (χ4n) is 1.48. The van der Waals surface area contributed by atoms with Crippen LogP contribution in [0.25, 0.3) is 0 Å². The maximum atomic E-state index is 10.5. The van der Waals surface area contributed by atoms with Crippen LogP contribution in [-0.2, 0) is 4.79 Å². The lowest BCUT2D eigenvalue weighted by molar-refractivity contribution is -0.132. The Morgan fingerprint density at radius 2 is 2.00 bits per heavy atom. The van der Waals surface area contributed by atoms with Crippen LogP contribution in [0.2, 0.25) is 0 Å². The van der Waals surface area contributed by atoms with E-state index in [1.54, 1.807) is 0 Å². The van der Waals surface area contributed by atoms with Crippen LogP contribution in [0.15, 0.2) is 10.6 Å². The van der Waals surface area contributed by atoms with Gasteiger partial charge in [-0.1, -0.05) is 18.5 Å². The third kappa shape index (κ3) is 2.24. The Morgan fingerprint density at radius 3 is 2.42 bits per heavy atom. The molecule has 1 aliphatic carbocycles. The molecule has 0 unspecified atom stereocenters. The number of hydrogen-bond acceptors (Lipinski definition) is 1. The van der Waals surface area contributed by atoms with E-state index in [9.17, 15) is 4.79 Å². The summed E-state index contributed by atoms with van der Waals surface area (Å²) in [6.45, 7) is 2.19. The van der Waals surface area contributed by atoms with Crippen molar-refractivity contribution >= 4 is 17.6 Å². The van der Waals surface area contributed by atoms with Crippen LogP contribution in [-0.4, -0.2) is 11.1 Å². The molecule has 1 rings (SSSR count). The first-order valence-corrected chi connectivity index (χ1v) is 4.60. The van der Waals surface area contributed by atoms with Crippen LogP contribution in [0.1, 0.15) is 32.6 Å². The van der Waals surface area contributed by atoms with Gasteiger partial charge < -0.3 is 5.11 Å². The second kappa shape index (κ2) is 3.94. The summed E-state index contributed by atoms with van der Waals surface area (Å²) in [6.07, 6.45) is 3.84. The fraction of sp³-hybridized carbons (Fsp3) is 0.667. The molecule has 0 aromatic heterocycles. The predicted molar refractivity (Wildman–Crippen MR) is 48.1 cm³/mol. The number of carboxylic acid groups (broad SMARTS) is 1. The summed E-state index contributed by atoms with van der Waals surface area (Å²) in [4.78, 5) is 10.5. The molecule has 12 heavy (non-hydrogen) atoms. The average Bonchev–Trinajstić information content (AvgIpc) is 2.04. The van der Waals surface area contributed by atoms with E-state index in [4.69, 9.17) is 16.7 Å². The van der Waals surface area contributed by atoms with Crippen LogP contribution in [0.3, 0.4) is 0 Å². The number of rotatable bonds is 1. The number of allylic oxidation sites excluding steroid dienone is 1. The summed E-state index contributed by atoms with van der Waals surface area (Å²) >= 11 is 5.62. The van der Waals surface area contributed by atoms with Crippen molar-refractivity contribution in [1.29, 1.82) is 0 Å². The van der Waals surface area contributed by atoms with Gasteiger partial charge in [-0.3, -0.25) is 0 Å². The van der Waals surface area contributed by atoms with Crippen molar-refractivity contribution in [2.24, 2.45) is 5.92 Å². The first kappa shape index (κ1) is 9.59. The third-order valence-corrected chi connectivity index (χ3v) is 2.80. The predicted octanol–water partition coefficient (Wildman–Crippen LogP) is 2.77. The summed E-state index contributed by atoms with van der Waals surface area (Å²) in [5.41, 5.74) is 0.919. The van der Waals surface area contributed by atoms with E-state index < -0.39 is 5.97 Å². The van der Waals surface area contributed by atoms with Crippen LogP contribution >= 0.6 is 11.6 Å². The first-order chi connectivity index (χ1) is 5.61. The standard InChI is InChI=1S/C9H13ClO2/c1-6-2-4-7(5-3-6)8(10)9(11)12/h6H,2-5H2,1H3,(H,11,12). The molecule has 1 saturated carbocycles. The van der Waals surface area contributed by atoms with Gasteiger partial charge in [-0.2, -0.15) is 0 Å². The quantitative estimate of drug-likeness (QED) is 0.643. The molecule has 0 aromatic carbocycles. The molecule has 0 aromatic rings. The Labute approximate surface area is 77.2 Å². The highest BCUT2D eigenvalue weighted by Crippen LogP contribution is 2.30. The summed E-state index contributed by atoms with van der Waals surface area (Å²) < 4.78 is 0. The van der Waals surface area contributed by atoms with Crippen molar-refractivity contribution in [2.75, 3.05) is 0 Å². The first-order valence-electron chi connectivity index (χ1n) is 4.22. The number of halogens is 1.